The Balaban J connectivity index is 2.73. The van der Waals surface area contributed by atoms with Crippen LogP contribution in [0.3, 0.4) is 0 Å². The molecule has 0 aliphatic rings. The molecule has 0 fully saturated rings. The highest BCUT2D eigenvalue weighted by molar-refractivity contribution is 6.01. The molecule has 5 heteroatoms. The minimum absolute atomic E-state index is 0.0329. The Morgan fingerprint density at radius 2 is 2.10 bits per heavy atom. The Labute approximate surface area is 117 Å². The van der Waals surface area contributed by atoms with E-state index in [9.17, 15) is 15.0 Å². The normalized spacial score (nSPS) is 13.1. The highest BCUT2D eigenvalue weighted by Gasteiger charge is 2.23. The first-order chi connectivity index (χ1) is 9.47. The van der Waals surface area contributed by atoms with Crippen molar-refractivity contribution in [1.29, 1.82) is 0 Å². The summed E-state index contributed by atoms with van der Waals surface area (Å²) in [6.07, 6.45) is 0.581. The van der Waals surface area contributed by atoms with Crippen molar-refractivity contribution in [3.8, 4) is 0 Å². The molecule has 0 aliphatic carbocycles. The number of aryl methyl sites for hydroxylation is 1. The molecule has 0 amide bonds. The first kappa shape index (κ1) is 14.5. The zero-order chi connectivity index (χ0) is 14.9. The predicted octanol–water partition coefficient (Wildman–Crippen LogP) is 2.62. The minimum atomic E-state index is -0.955. The first-order valence-electron chi connectivity index (χ1n) is 6.79. The maximum atomic E-state index is 11.4. The number of carboxylic acid groups (broad SMARTS) is 1. The van der Waals surface area contributed by atoms with Crippen LogP contribution in [0.15, 0.2) is 18.2 Å². The van der Waals surface area contributed by atoms with Crippen molar-refractivity contribution in [3.63, 3.8) is 0 Å². The molecule has 0 saturated carbocycles. The predicted molar refractivity (Wildman–Crippen MR) is 77.0 cm³/mol. The Hall–Kier alpha value is -1.88. The maximum absolute atomic E-state index is 11.4. The van der Waals surface area contributed by atoms with Crippen molar-refractivity contribution in [1.82, 2.24) is 9.55 Å². The van der Waals surface area contributed by atoms with Crippen molar-refractivity contribution in [2.45, 2.75) is 33.2 Å². The second kappa shape index (κ2) is 5.63. The summed E-state index contributed by atoms with van der Waals surface area (Å²) in [5.74, 6) is 0.101. The third-order valence-electron chi connectivity index (χ3n) is 3.64. The number of rotatable bonds is 5. The van der Waals surface area contributed by atoms with E-state index in [2.05, 4.69) is 18.8 Å². The van der Waals surface area contributed by atoms with Gasteiger partial charge in [0, 0.05) is 12.6 Å². The fourth-order valence-electron chi connectivity index (χ4n) is 2.74. The number of hydrogen-bond acceptors (Lipinski definition) is 3. The van der Waals surface area contributed by atoms with E-state index >= 15 is 0 Å². The SMILES string of the molecule is Cc1nc2cccc(C(=O)O)c2n1C(CCO)C(C)C. The van der Waals surface area contributed by atoms with Crippen LogP contribution in [0.5, 0.6) is 0 Å². The van der Waals surface area contributed by atoms with Gasteiger partial charge in [-0.2, -0.15) is 0 Å². The van der Waals surface area contributed by atoms with Crippen LogP contribution >= 0.6 is 0 Å². The molecule has 1 unspecified atom stereocenters. The van der Waals surface area contributed by atoms with E-state index < -0.39 is 5.97 Å². The number of carboxylic acids is 1. The van der Waals surface area contributed by atoms with Crippen LogP contribution in [0.1, 0.15) is 42.5 Å². The number of imidazole rings is 1. The van der Waals surface area contributed by atoms with Crippen molar-refractivity contribution >= 4 is 17.0 Å². The van der Waals surface area contributed by atoms with Gasteiger partial charge < -0.3 is 14.8 Å². The molecule has 1 aromatic carbocycles. The number of para-hydroxylation sites is 1. The maximum Gasteiger partial charge on any atom is 0.337 e. The van der Waals surface area contributed by atoms with E-state index in [1.165, 1.54) is 0 Å². The first-order valence-corrected chi connectivity index (χ1v) is 6.79. The van der Waals surface area contributed by atoms with Crippen LogP contribution in [0, 0.1) is 12.8 Å². The molecule has 1 heterocycles. The van der Waals surface area contributed by atoms with Gasteiger partial charge in [-0.25, -0.2) is 9.78 Å². The molecule has 0 saturated heterocycles. The molecule has 108 valence electrons. The van der Waals surface area contributed by atoms with Crippen LogP contribution in [0.4, 0.5) is 0 Å². The Bertz CT molecular complexity index is 631. The number of carbonyl (C=O) groups is 1. The molecule has 5 nitrogen and oxygen atoms in total. The van der Waals surface area contributed by atoms with Crippen molar-refractivity contribution in [2.75, 3.05) is 6.61 Å². The number of benzene rings is 1. The second-order valence-corrected chi connectivity index (χ2v) is 5.33. The second-order valence-electron chi connectivity index (χ2n) is 5.33. The highest BCUT2D eigenvalue weighted by atomic mass is 16.4. The summed E-state index contributed by atoms with van der Waals surface area (Å²) in [6, 6.07) is 5.16. The van der Waals surface area contributed by atoms with Crippen molar-refractivity contribution < 1.29 is 15.0 Å². The average Bonchev–Trinajstić information content (AvgIpc) is 2.71. The van der Waals surface area contributed by atoms with Gasteiger partial charge in [0.25, 0.3) is 0 Å². The quantitative estimate of drug-likeness (QED) is 0.880. The lowest BCUT2D eigenvalue weighted by Crippen LogP contribution is -2.19. The molecule has 0 bridgehead atoms. The molecule has 0 spiro atoms. The van der Waals surface area contributed by atoms with Crippen LogP contribution in [-0.4, -0.2) is 32.3 Å². The van der Waals surface area contributed by atoms with Gasteiger partial charge in [-0.3, -0.25) is 0 Å². The summed E-state index contributed by atoms with van der Waals surface area (Å²) < 4.78 is 1.96. The summed E-state index contributed by atoms with van der Waals surface area (Å²) in [7, 11) is 0. The number of aliphatic hydroxyl groups is 1. The van der Waals surface area contributed by atoms with E-state index in [0.717, 1.165) is 5.82 Å². The molecule has 2 aromatic rings. The zero-order valence-electron chi connectivity index (χ0n) is 12.0. The summed E-state index contributed by atoms with van der Waals surface area (Å²) in [5, 5.41) is 18.7. The van der Waals surface area contributed by atoms with E-state index in [0.29, 0.717) is 17.5 Å². The molecule has 1 aromatic heterocycles. The average molecular weight is 276 g/mol. The molecule has 2 rings (SSSR count). The van der Waals surface area contributed by atoms with Gasteiger partial charge in [0.05, 0.1) is 16.6 Å². The largest absolute Gasteiger partial charge is 0.478 e. The Morgan fingerprint density at radius 3 is 2.65 bits per heavy atom. The molecule has 0 aliphatic heterocycles. The van der Waals surface area contributed by atoms with E-state index in [1.807, 2.05) is 17.6 Å². The lowest BCUT2D eigenvalue weighted by atomic mass is 10.00. The number of hydrogen-bond donors (Lipinski definition) is 2. The number of nitrogens with zero attached hydrogens (tertiary/aromatic N) is 2. The van der Waals surface area contributed by atoms with Crippen LogP contribution in [0.2, 0.25) is 0 Å². The fraction of sp³-hybridized carbons (Fsp3) is 0.467. The smallest absolute Gasteiger partial charge is 0.337 e. The molecule has 0 radical (unpaired) electrons. The van der Waals surface area contributed by atoms with Gasteiger partial charge in [0.15, 0.2) is 0 Å². The lowest BCUT2D eigenvalue weighted by molar-refractivity contribution is 0.0698. The standard InChI is InChI=1S/C15H20N2O3/c1-9(2)13(7-8-18)17-10(3)16-12-6-4-5-11(14(12)17)15(19)20/h4-6,9,13,18H,7-8H2,1-3H3,(H,19,20). The summed E-state index contributed by atoms with van der Waals surface area (Å²) in [4.78, 5) is 15.9. The molecule has 2 N–H and O–H groups in total. The summed E-state index contributed by atoms with van der Waals surface area (Å²) >= 11 is 0. The van der Waals surface area contributed by atoms with Gasteiger partial charge in [0.2, 0.25) is 0 Å². The third kappa shape index (κ3) is 2.41. The van der Waals surface area contributed by atoms with Gasteiger partial charge in [-0.05, 0) is 31.4 Å². The molecular formula is C15H20N2O3. The molecule has 1 atom stereocenters. The Kier molecular flexibility index (Phi) is 4.09. The Morgan fingerprint density at radius 1 is 1.40 bits per heavy atom. The third-order valence-corrected chi connectivity index (χ3v) is 3.64. The monoisotopic (exact) mass is 276 g/mol. The summed E-state index contributed by atoms with van der Waals surface area (Å²) in [5.41, 5.74) is 1.59. The topological polar surface area (TPSA) is 75.3 Å². The summed E-state index contributed by atoms with van der Waals surface area (Å²) in [6.45, 7) is 6.07. The number of aromatic nitrogens is 2. The van der Waals surface area contributed by atoms with E-state index in [4.69, 9.17) is 0 Å². The molecule has 20 heavy (non-hydrogen) atoms. The van der Waals surface area contributed by atoms with Crippen LogP contribution in [-0.2, 0) is 0 Å². The minimum Gasteiger partial charge on any atom is -0.478 e. The number of aromatic carboxylic acids is 1. The van der Waals surface area contributed by atoms with Crippen molar-refractivity contribution in [3.05, 3.63) is 29.6 Å². The number of fused-ring (bicyclic) bond motifs is 1. The van der Waals surface area contributed by atoms with Crippen LogP contribution in [0.25, 0.3) is 11.0 Å². The number of aliphatic hydroxyl groups excluding tert-OH is 1. The fourth-order valence-corrected chi connectivity index (χ4v) is 2.74. The zero-order valence-corrected chi connectivity index (χ0v) is 12.0. The highest BCUT2D eigenvalue weighted by Crippen LogP contribution is 2.30. The molecular weight excluding hydrogens is 256 g/mol. The van der Waals surface area contributed by atoms with Gasteiger partial charge >= 0.3 is 5.97 Å². The van der Waals surface area contributed by atoms with Gasteiger partial charge in [0.1, 0.15) is 5.82 Å². The van der Waals surface area contributed by atoms with Gasteiger partial charge in [-0.1, -0.05) is 19.9 Å². The van der Waals surface area contributed by atoms with E-state index in [-0.39, 0.29) is 24.1 Å². The van der Waals surface area contributed by atoms with Crippen molar-refractivity contribution in [2.24, 2.45) is 5.92 Å². The van der Waals surface area contributed by atoms with Crippen LogP contribution < -0.4 is 0 Å². The van der Waals surface area contributed by atoms with E-state index in [1.54, 1.807) is 12.1 Å². The lowest BCUT2D eigenvalue weighted by Gasteiger charge is -2.24. The van der Waals surface area contributed by atoms with Gasteiger partial charge in [-0.15, -0.1) is 0 Å².